The highest BCUT2D eigenvalue weighted by Gasteiger charge is 2.30. The van der Waals surface area contributed by atoms with Gasteiger partial charge in [0.1, 0.15) is 0 Å². The molecule has 0 aliphatic heterocycles. The summed E-state index contributed by atoms with van der Waals surface area (Å²) in [6, 6.07) is 29.5. The molecule has 7 rings (SSSR count). The minimum Gasteiger partial charge on any atom is -0.166 e. The predicted molar refractivity (Wildman–Crippen MR) is 142 cm³/mol. The van der Waals surface area contributed by atoms with Gasteiger partial charge in [0.15, 0.2) is 0 Å². The molecule has 1 heterocycles. The van der Waals surface area contributed by atoms with Gasteiger partial charge >= 0.3 is 6.18 Å². The summed E-state index contributed by atoms with van der Waals surface area (Å²) < 4.78 is 40.3. The highest BCUT2D eigenvalue weighted by Crippen LogP contribution is 2.42. The number of alkyl halides is 3. The SMILES string of the molecule is FC(F)(F)c1ccc2c3ccc(-c4cc5ccccc5c5ccccc45)cc3c3cscc3c2c1. The standard InChI is InChI=1S/C31H17F3S/c32-31(33,34)20-10-12-25-24-11-9-19(14-27(24)29-16-35-17-30(29)28(25)15-20)26-13-18-5-1-2-6-21(18)22-7-3-4-8-23(22)26/h1-17H. The molecule has 0 fully saturated rings. The van der Waals surface area contributed by atoms with Crippen molar-refractivity contribution in [2.24, 2.45) is 0 Å². The molecule has 0 unspecified atom stereocenters. The predicted octanol–water partition coefficient (Wildman–Crippen LogP) is 10.2. The molecular weight excluding hydrogens is 461 g/mol. The summed E-state index contributed by atoms with van der Waals surface area (Å²) in [5, 5.41) is 14.2. The largest absolute Gasteiger partial charge is 0.416 e. The Bertz CT molecular complexity index is 1940. The van der Waals surface area contributed by atoms with Crippen molar-refractivity contribution >= 4 is 65.2 Å². The normalized spacial score (nSPS) is 12.4. The first-order valence-corrected chi connectivity index (χ1v) is 12.3. The summed E-state index contributed by atoms with van der Waals surface area (Å²) in [7, 11) is 0. The highest BCUT2D eigenvalue weighted by molar-refractivity contribution is 7.09. The molecule has 4 heteroatoms. The molecule has 0 saturated carbocycles. The van der Waals surface area contributed by atoms with E-state index in [9.17, 15) is 13.2 Å². The first-order chi connectivity index (χ1) is 17.0. The van der Waals surface area contributed by atoms with Crippen LogP contribution in [-0.4, -0.2) is 0 Å². The highest BCUT2D eigenvalue weighted by atomic mass is 32.1. The van der Waals surface area contributed by atoms with Gasteiger partial charge in [-0.25, -0.2) is 0 Å². The fraction of sp³-hybridized carbons (Fsp3) is 0.0323. The fourth-order valence-corrected chi connectivity index (χ4v) is 6.20. The molecule has 0 nitrogen and oxygen atoms in total. The van der Waals surface area contributed by atoms with E-state index < -0.39 is 11.7 Å². The number of halogens is 3. The van der Waals surface area contributed by atoms with Crippen LogP contribution in [0.4, 0.5) is 13.2 Å². The molecule has 168 valence electrons. The molecule has 7 aromatic rings. The number of fused-ring (bicyclic) bond motifs is 9. The van der Waals surface area contributed by atoms with Crippen LogP contribution in [0.5, 0.6) is 0 Å². The first kappa shape index (κ1) is 20.5. The van der Waals surface area contributed by atoms with Gasteiger partial charge in [0.2, 0.25) is 0 Å². The Hall–Kier alpha value is -3.89. The van der Waals surface area contributed by atoms with Crippen LogP contribution in [0.15, 0.2) is 102 Å². The Labute approximate surface area is 202 Å². The molecule has 0 aliphatic carbocycles. The lowest BCUT2D eigenvalue weighted by molar-refractivity contribution is -0.137. The van der Waals surface area contributed by atoms with Crippen molar-refractivity contribution in [3.63, 3.8) is 0 Å². The van der Waals surface area contributed by atoms with E-state index in [1.165, 1.54) is 45.0 Å². The van der Waals surface area contributed by atoms with Gasteiger partial charge in [0.25, 0.3) is 0 Å². The van der Waals surface area contributed by atoms with Gasteiger partial charge in [-0.2, -0.15) is 24.5 Å². The van der Waals surface area contributed by atoms with Gasteiger partial charge in [0, 0.05) is 10.8 Å². The third kappa shape index (κ3) is 3.06. The Morgan fingerprint density at radius 3 is 1.83 bits per heavy atom. The molecule has 0 bridgehead atoms. The van der Waals surface area contributed by atoms with Gasteiger partial charge in [-0.1, -0.05) is 66.7 Å². The summed E-state index contributed by atoms with van der Waals surface area (Å²) >= 11 is 1.52. The monoisotopic (exact) mass is 478 g/mol. The molecule has 0 amide bonds. The summed E-state index contributed by atoms with van der Waals surface area (Å²) in [5.41, 5.74) is 1.63. The lowest BCUT2D eigenvalue weighted by Gasteiger charge is -2.14. The lowest BCUT2D eigenvalue weighted by Crippen LogP contribution is -2.04. The summed E-state index contributed by atoms with van der Waals surface area (Å²) in [6.07, 6.45) is -4.37. The second kappa shape index (κ2) is 7.30. The zero-order chi connectivity index (χ0) is 23.7. The van der Waals surface area contributed by atoms with E-state index in [4.69, 9.17) is 0 Å². The quantitative estimate of drug-likeness (QED) is 0.206. The van der Waals surface area contributed by atoms with Gasteiger partial charge in [-0.3, -0.25) is 0 Å². The van der Waals surface area contributed by atoms with E-state index >= 15 is 0 Å². The molecule has 6 aromatic carbocycles. The zero-order valence-corrected chi connectivity index (χ0v) is 19.2. The van der Waals surface area contributed by atoms with E-state index in [2.05, 4.69) is 72.8 Å². The average Bonchev–Trinajstić information content (AvgIpc) is 3.38. The number of benzene rings is 6. The molecule has 0 spiro atoms. The summed E-state index contributed by atoms with van der Waals surface area (Å²) in [4.78, 5) is 0. The molecule has 35 heavy (non-hydrogen) atoms. The zero-order valence-electron chi connectivity index (χ0n) is 18.4. The topological polar surface area (TPSA) is 0 Å². The average molecular weight is 479 g/mol. The maximum absolute atomic E-state index is 13.4. The lowest BCUT2D eigenvalue weighted by atomic mass is 9.90. The van der Waals surface area contributed by atoms with E-state index in [1.54, 1.807) is 6.07 Å². The Balaban J connectivity index is 1.56. The van der Waals surface area contributed by atoms with Crippen LogP contribution in [0.25, 0.3) is 65.0 Å². The number of thiophene rings is 1. The van der Waals surface area contributed by atoms with Crippen LogP contribution in [-0.2, 0) is 6.18 Å². The van der Waals surface area contributed by atoms with Crippen LogP contribution in [0.3, 0.4) is 0 Å². The van der Waals surface area contributed by atoms with Crippen molar-refractivity contribution in [3.8, 4) is 11.1 Å². The Kier molecular flexibility index (Phi) is 4.27. The van der Waals surface area contributed by atoms with E-state index in [-0.39, 0.29) is 0 Å². The van der Waals surface area contributed by atoms with E-state index in [0.717, 1.165) is 38.1 Å². The van der Waals surface area contributed by atoms with Crippen LogP contribution >= 0.6 is 11.3 Å². The Morgan fingerprint density at radius 2 is 1.09 bits per heavy atom. The van der Waals surface area contributed by atoms with Crippen molar-refractivity contribution < 1.29 is 13.2 Å². The third-order valence-corrected chi connectivity index (χ3v) is 7.72. The van der Waals surface area contributed by atoms with Crippen LogP contribution in [0, 0.1) is 0 Å². The van der Waals surface area contributed by atoms with Crippen LogP contribution in [0.2, 0.25) is 0 Å². The van der Waals surface area contributed by atoms with Gasteiger partial charge < -0.3 is 0 Å². The van der Waals surface area contributed by atoms with Crippen molar-refractivity contribution in [1.29, 1.82) is 0 Å². The Morgan fingerprint density at radius 1 is 0.486 bits per heavy atom. The molecular formula is C31H17F3S. The van der Waals surface area contributed by atoms with Crippen molar-refractivity contribution in [1.82, 2.24) is 0 Å². The van der Waals surface area contributed by atoms with Crippen LogP contribution < -0.4 is 0 Å². The van der Waals surface area contributed by atoms with Crippen molar-refractivity contribution in [2.75, 3.05) is 0 Å². The minimum atomic E-state index is -4.37. The maximum Gasteiger partial charge on any atom is 0.416 e. The summed E-state index contributed by atoms with van der Waals surface area (Å²) in [6.45, 7) is 0. The molecule has 0 radical (unpaired) electrons. The van der Waals surface area contributed by atoms with E-state index in [0.29, 0.717) is 5.39 Å². The number of hydrogen-bond acceptors (Lipinski definition) is 1. The van der Waals surface area contributed by atoms with Crippen molar-refractivity contribution in [3.05, 3.63) is 107 Å². The molecule has 0 N–H and O–H groups in total. The van der Waals surface area contributed by atoms with E-state index in [1.807, 2.05) is 10.8 Å². The molecule has 0 aliphatic rings. The van der Waals surface area contributed by atoms with Gasteiger partial charge in [-0.15, -0.1) is 0 Å². The summed E-state index contributed by atoms with van der Waals surface area (Å²) in [5.74, 6) is 0. The molecule has 0 atom stereocenters. The van der Waals surface area contributed by atoms with Crippen LogP contribution in [0.1, 0.15) is 5.56 Å². The first-order valence-electron chi connectivity index (χ1n) is 11.3. The minimum absolute atomic E-state index is 0.615. The molecule has 1 aromatic heterocycles. The number of rotatable bonds is 1. The second-order valence-corrected chi connectivity index (χ2v) is 9.65. The maximum atomic E-state index is 13.4. The smallest absolute Gasteiger partial charge is 0.166 e. The molecule has 0 saturated heterocycles. The van der Waals surface area contributed by atoms with Crippen molar-refractivity contribution in [2.45, 2.75) is 6.18 Å². The third-order valence-electron chi connectivity index (χ3n) is 6.98. The number of hydrogen-bond donors (Lipinski definition) is 0. The fourth-order valence-electron chi connectivity index (χ4n) is 5.36. The van der Waals surface area contributed by atoms with Gasteiger partial charge in [-0.05, 0) is 89.2 Å². The second-order valence-electron chi connectivity index (χ2n) is 8.91. The van der Waals surface area contributed by atoms with Gasteiger partial charge in [0.05, 0.1) is 5.56 Å².